The van der Waals surface area contributed by atoms with Crippen LogP contribution in [0.15, 0.2) is 91.5 Å². The molecule has 43 heavy (non-hydrogen) atoms. The van der Waals surface area contributed by atoms with Crippen molar-refractivity contribution in [3.05, 3.63) is 114 Å². The van der Waals surface area contributed by atoms with E-state index in [1.165, 1.54) is 0 Å². The van der Waals surface area contributed by atoms with Crippen LogP contribution in [0.3, 0.4) is 0 Å². The average Bonchev–Trinajstić information content (AvgIpc) is 3.68. The van der Waals surface area contributed by atoms with Crippen LogP contribution in [0.25, 0.3) is 27.8 Å². The van der Waals surface area contributed by atoms with Gasteiger partial charge in [0.2, 0.25) is 0 Å². The minimum absolute atomic E-state index is 0.0361. The summed E-state index contributed by atoms with van der Waals surface area (Å²) in [5, 5.41) is 5.48. The van der Waals surface area contributed by atoms with E-state index >= 15 is 0 Å². The zero-order valence-corrected chi connectivity index (χ0v) is 23.6. The van der Waals surface area contributed by atoms with Crippen molar-refractivity contribution >= 4 is 22.6 Å². The van der Waals surface area contributed by atoms with Crippen LogP contribution in [0.2, 0.25) is 0 Å². The molecule has 0 aliphatic carbocycles. The lowest BCUT2D eigenvalue weighted by atomic mass is 10.0. The number of benzene rings is 2. The number of nitrogens with zero attached hydrogens (tertiary/aromatic N) is 6. The minimum atomic E-state index is 0.0361. The second-order valence-electron chi connectivity index (χ2n) is 10.3. The number of hydrogen-bond acceptors (Lipinski definition) is 6. The Morgan fingerprint density at radius 1 is 0.907 bits per heavy atom. The summed E-state index contributed by atoms with van der Waals surface area (Å²) < 4.78 is 14.5. The van der Waals surface area contributed by atoms with Gasteiger partial charge in [0.05, 0.1) is 44.6 Å². The van der Waals surface area contributed by atoms with E-state index in [0.29, 0.717) is 38.4 Å². The number of aromatic nitrogens is 5. The fraction of sp³-hybridized carbons (Fsp3) is 0.176. The molecule has 0 bridgehead atoms. The van der Waals surface area contributed by atoms with Gasteiger partial charge in [0.25, 0.3) is 5.91 Å². The number of morpholine rings is 1. The maximum absolute atomic E-state index is 12.8. The Hall–Kier alpha value is -5.46. The molecule has 0 radical (unpaired) electrons. The molecule has 0 spiro atoms. The third-order valence-electron chi connectivity index (χ3n) is 7.63. The first kappa shape index (κ1) is 26.4. The van der Waals surface area contributed by atoms with E-state index in [4.69, 9.17) is 9.47 Å². The zero-order chi connectivity index (χ0) is 29.2. The van der Waals surface area contributed by atoms with E-state index < -0.39 is 0 Å². The molecule has 1 saturated heterocycles. The lowest BCUT2D eigenvalue weighted by Crippen LogP contribution is -2.40. The lowest BCUT2D eigenvalue weighted by molar-refractivity contribution is 0.0303. The van der Waals surface area contributed by atoms with Crippen molar-refractivity contribution < 1.29 is 14.3 Å². The number of methoxy groups -OCH3 is 1. The third-order valence-corrected chi connectivity index (χ3v) is 7.63. The molecule has 0 unspecified atom stereocenters. The van der Waals surface area contributed by atoms with Crippen molar-refractivity contribution in [1.82, 2.24) is 29.0 Å². The zero-order valence-electron chi connectivity index (χ0n) is 23.6. The Morgan fingerprint density at radius 2 is 1.70 bits per heavy atom. The summed E-state index contributed by atoms with van der Waals surface area (Å²) in [5.41, 5.74) is 6.99. The molecule has 0 N–H and O–H groups in total. The van der Waals surface area contributed by atoms with Gasteiger partial charge in [0.15, 0.2) is 5.65 Å². The topological polar surface area (TPSA) is 86.8 Å². The molecule has 7 rings (SSSR count). The molecule has 0 atom stereocenters. The second-order valence-corrected chi connectivity index (χ2v) is 10.3. The van der Waals surface area contributed by atoms with Crippen LogP contribution in [-0.2, 0) is 11.3 Å². The van der Waals surface area contributed by atoms with Crippen LogP contribution in [0.4, 0.5) is 0 Å². The fourth-order valence-electron chi connectivity index (χ4n) is 5.24. The van der Waals surface area contributed by atoms with Gasteiger partial charge in [-0.1, -0.05) is 30.2 Å². The number of pyridine rings is 2. The van der Waals surface area contributed by atoms with Gasteiger partial charge in [-0.3, -0.25) is 9.20 Å². The quantitative estimate of drug-likeness (QED) is 0.281. The largest absolute Gasteiger partial charge is 0.497 e. The SMILES string of the molecule is COc1ccc(Cn2ncc3c(C#Cc4cnc5ccc(-c6ccc(C(=O)N7CCOCC7)cc6)cn45)ccnc32)cc1. The highest BCUT2D eigenvalue weighted by atomic mass is 16.5. The highest BCUT2D eigenvalue weighted by molar-refractivity contribution is 5.94. The van der Waals surface area contributed by atoms with Crippen molar-refractivity contribution in [2.24, 2.45) is 0 Å². The maximum Gasteiger partial charge on any atom is 0.254 e. The van der Waals surface area contributed by atoms with Gasteiger partial charge in [-0.05, 0) is 65.1 Å². The smallest absolute Gasteiger partial charge is 0.254 e. The van der Waals surface area contributed by atoms with E-state index in [9.17, 15) is 4.79 Å². The van der Waals surface area contributed by atoms with Crippen molar-refractivity contribution in [1.29, 1.82) is 0 Å². The van der Waals surface area contributed by atoms with E-state index in [1.54, 1.807) is 19.5 Å². The monoisotopic (exact) mass is 568 g/mol. The van der Waals surface area contributed by atoms with Gasteiger partial charge in [-0.2, -0.15) is 5.10 Å². The third kappa shape index (κ3) is 5.32. The molecule has 5 heterocycles. The molecule has 0 saturated carbocycles. The van der Waals surface area contributed by atoms with Gasteiger partial charge in [0.1, 0.15) is 17.1 Å². The Bertz CT molecular complexity index is 1990. The molecule has 1 amide bonds. The van der Waals surface area contributed by atoms with E-state index in [1.807, 2.05) is 93.1 Å². The molecular weight excluding hydrogens is 540 g/mol. The molecule has 212 valence electrons. The first-order chi connectivity index (χ1) is 21.2. The van der Waals surface area contributed by atoms with Crippen LogP contribution in [0.5, 0.6) is 5.75 Å². The van der Waals surface area contributed by atoms with Crippen LogP contribution in [0.1, 0.15) is 27.2 Å². The van der Waals surface area contributed by atoms with Gasteiger partial charge >= 0.3 is 0 Å². The summed E-state index contributed by atoms with van der Waals surface area (Å²) in [7, 11) is 1.66. The standard InChI is InChI=1S/C34H28N6O3/c1-42-30-11-2-24(3-12-30)22-40-33-31(21-37-40)26(14-15-35-33)8-10-29-20-36-32-13-9-28(23-39(29)32)25-4-6-27(7-5-25)34(41)38-16-18-43-19-17-38/h2-7,9,11-15,20-21,23H,16-19,22H2,1H3. The Morgan fingerprint density at radius 3 is 2.49 bits per heavy atom. The molecule has 9 nitrogen and oxygen atoms in total. The molecular formula is C34H28N6O3. The van der Waals surface area contributed by atoms with Crippen molar-refractivity contribution in [3.63, 3.8) is 0 Å². The predicted octanol–water partition coefficient (Wildman–Crippen LogP) is 4.68. The average molecular weight is 569 g/mol. The molecule has 4 aromatic heterocycles. The van der Waals surface area contributed by atoms with Gasteiger partial charge in [0, 0.05) is 36.6 Å². The summed E-state index contributed by atoms with van der Waals surface area (Å²) in [6, 6.07) is 21.6. The predicted molar refractivity (Wildman–Crippen MR) is 163 cm³/mol. The molecule has 2 aromatic carbocycles. The van der Waals surface area contributed by atoms with Gasteiger partial charge < -0.3 is 14.4 Å². The molecule has 1 aliphatic heterocycles. The number of hydrogen-bond donors (Lipinski definition) is 0. The number of fused-ring (bicyclic) bond motifs is 2. The molecule has 9 heteroatoms. The molecule has 1 aliphatic rings. The highest BCUT2D eigenvalue weighted by Crippen LogP contribution is 2.23. The van der Waals surface area contributed by atoms with Crippen LogP contribution in [-0.4, -0.2) is 68.4 Å². The summed E-state index contributed by atoms with van der Waals surface area (Å²) in [6.45, 7) is 3.01. The summed E-state index contributed by atoms with van der Waals surface area (Å²) in [4.78, 5) is 23.8. The fourth-order valence-corrected chi connectivity index (χ4v) is 5.24. The number of carbonyl (C=O) groups is 1. The number of ether oxygens (including phenoxy) is 2. The minimum Gasteiger partial charge on any atom is -0.497 e. The number of rotatable bonds is 5. The lowest BCUT2D eigenvalue weighted by Gasteiger charge is -2.26. The van der Waals surface area contributed by atoms with Crippen molar-refractivity contribution in [3.8, 4) is 28.7 Å². The second kappa shape index (κ2) is 11.4. The first-order valence-corrected chi connectivity index (χ1v) is 14.1. The van der Waals surface area contributed by atoms with Crippen LogP contribution in [0, 0.1) is 11.8 Å². The van der Waals surface area contributed by atoms with Gasteiger partial charge in [-0.15, -0.1) is 0 Å². The van der Waals surface area contributed by atoms with Crippen molar-refractivity contribution in [2.75, 3.05) is 33.4 Å². The highest BCUT2D eigenvalue weighted by Gasteiger charge is 2.18. The van der Waals surface area contributed by atoms with E-state index in [-0.39, 0.29) is 5.91 Å². The summed E-state index contributed by atoms with van der Waals surface area (Å²) >= 11 is 0. The summed E-state index contributed by atoms with van der Waals surface area (Å²) in [5.74, 6) is 7.47. The van der Waals surface area contributed by atoms with E-state index in [2.05, 4.69) is 26.9 Å². The van der Waals surface area contributed by atoms with Crippen LogP contribution < -0.4 is 4.74 Å². The van der Waals surface area contributed by atoms with Crippen LogP contribution >= 0.6 is 0 Å². The molecule has 6 aromatic rings. The maximum atomic E-state index is 12.8. The van der Waals surface area contributed by atoms with E-state index in [0.717, 1.165) is 50.4 Å². The number of carbonyl (C=O) groups excluding carboxylic acids is 1. The number of amides is 1. The van der Waals surface area contributed by atoms with Gasteiger partial charge in [-0.25, -0.2) is 14.6 Å². The Balaban J connectivity index is 1.14. The Kier molecular flexibility index (Phi) is 7.03. The van der Waals surface area contributed by atoms with Crippen molar-refractivity contribution in [2.45, 2.75) is 6.54 Å². The Labute approximate surface area is 248 Å². The first-order valence-electron chi connectivity index (χ1n) is 14.1. The number of imidazole rings is 1. The summed E-state index contributed by atoms with van der Waals surface area (Å²) in [6.07, 6.45) is 7.39. The molecule has 1 fully saturated rings. The normalized spacial score (nSPS) is 13.2.